The van der Waals surface area contributed by atoms with Crippen LogP contribution in [0.25, 0.3) is 5.70 Å². The molecule has 0 aliphatic carbocycles. The first kappa shape index (κ1) is 23.0. The van der Waals surface area contributed by atoms with Gasteiger partial charge in [0.2, 0.25) is 5.28 Å². The Hall–Kier alpha value is -2.01. The molecule has 1 aromatic heterocycles. The molecule has 2 N–H and O–H groups in total. The normalized spacial score (nSPS) is 12.6. The Morgan fingerprint density at radius 2 is 2.00 bits per heavy atom. The fourth-order valence-corrected chi connectivity index (χ4v) is 3.22. The molecule has 0 atom stereocenters. The highest BCUT2D eigenvalue weighted by Gasteiger charge is 2.18. The number of imidazole rings is 1. The number of rotatable bonds is 13. The summed E-state index contributed by atoms with van der Waals surface area (Å²) < 4.78 is 0. The number of H-pyrrole nitrogens is 1. The molecule has 0 spiro atoms. The van der Waals surface area contributed by atoms with Crippen molar-refractivity contribution in [3.8, 4) is 0 Å². The quantitative estimate of drug-likeness (QED) is 0.325. The van der Waals surface area contributed by atoms with Crippen LogP contribution in [-0.4, -0.2) is 41.2 Å². The van der Waals surface area contributed by atoms with Crippen LogP contribution < -0.4 is 5.32 Å². The molecular formula is C21H34ClN5. The number of halogens is 1. The van der Waals surface area contributed by atoms with Crippen molar-refractivity contribution in [3.05, 3.63) is 41.5 Å². The molecule has 0 aromatic carbocycles. The van der Waals surface area contributed by atoms with E-state index in [0.29, 0.717) is 11.1 Å². The Morgan fingerprint density at radius 1 is 1.26 bits per heavy atom. The zero-order chi connectivity index (χ0) is 20.1. The average molecular weight is 392 g/mol. The second kappa shape index (κ2) is 13.2. The predicted molar refractivity (Wildman–Crippen MR) is 120 cm³/mol. The van der Waals surface area contributed by atoms with Crippen molar-refractivity contribution < 1.29 is 0 Å². The fourth-order valence-electron chi connectivity index (χ4n) is 3.04. The number of allylic oxidation sites excluding steroid dienone is 3. The summed E-state index contributed by atoms with van der Waals surface area (Å²) in [5.41, 5.74) is 3.29. The lowest BCUT2D eigenvalue weighted by molar-refractivity contribution is 0.376. The van der Waals surface area contributed by atoms with Crippen molar-refractivity contribution in [3.63, 3.8) is 0 Å². The van der Waals surface area contributed by atoms with E-state index in [-0.39, 0.29) is 0 Å². The zero-order valence-electron chi connectivity index (χ0n) is 17.2. The van der Waals surface area contributed by atoms with Gasteiger partial charge < -0.3 is 15.2 Å². The largest absolute Gasteiger partial charge is 0.370 e. The second-order valence-corrected chi connectivity index (χ2v) is 6.68. The number of hydrogen-bond donors (Lipinski definition) is 2. The smallest absolute Gasteiger partial charge is 0.202 e. The summed E-state index contributed by atoms with van der Waals surface area (Å²) >= 11 is 6.12. The highest BCUT2D eigenvalue weighted by atomic mass is 35.5. The molecule has 0 fully saturated rings. The number of hydrogen-bond acceptors (Lipinski definition) is 4. The fraction of sp³-hybridized carbons (Fsp3) is 0.524. The molecule has 27 heavy (non-hydrogen) atoms. The minimum Gasteiger partial charge on any atom is -0.370 e. The lowest BCUT2D eigenvalue weighted by Crippen LogP contribution is -2.25. The van der Waals surface area contributed by atoms with Crippen molar-refractivity contribution in [1.82, 2.24) is 14.9 Å². The highest BCUT2D eigenvalue weighted by Crippen LogP contribution is 2.27. The maximum absolute atomic E-state index is 6.12. The summed E-state index contributed by atoms with van der Waals surface area (Å²) in [4.78, 5) is 14.1. The highest BCUT2D eigenvalue weighted by molar-refractivity contribution is 6.28. The van der Waals surface area contributed by atoms with Crippen LogP contribution in [0.3, 0.4) is 0 Å². The Morgan fingerprint density at radius 3 is 2.59 bits per heavy atom. The first-order chi connectivity index (χ1) is 13.1. The van der Waals surface area contributed by atoms with E-state index in [1.165, 1.54) is 18.4 Å². The van der Waals surface area contributed by atoms with E-state index in [9.17, 15) is 0 Å². The van der Waals surface area contributed by atoms with Gasteiger partial charge in [0.1, 0.15) is 5.69 Å². The molecule has 5 nitrogen and oxygen atoms in total. The first-order valence-corrected chi connectivity index (χ1v) is 10.1. The summed E-state index contributed by atoms with van der Waals surface area (Å²) in [6, 6.07) is 0. The molecule has 0 aliphatic heterocycles. The summed E-state index contributed by atoms with van der Waals surface area (Å²) in [5.74, 6) is 0.704. The van der Waals surface area contributed by atoms with E-state index in [0.717, 1.165) is 43.7 Å². The summed E-state index contributed by atoms with van der Waals surface area (Å²) in [6.45, 7) is 12.0. The molecule has 0 aliphatic rings. The third kappa shape index (κ3) is 7.63. The Labute approximate surface area is 169 Å². The van der Waals surface area contributed by atoms with Gasteiger partial charge >= 0.3 is 0 Å². The van der Waals surface area contributed by atoms with Gasteiger partial charge in [-0.1, -0.05) is 38.5 Å². The summed E-state index contributed by atoms with van der Waals surface area (Å²) in [6.07, 6.45) is 13.5. The minimum absolute atomic E-state index is 0.373. The third-order valence-electron chi connectivity index (χ3n) is 4.37. The maximum Gasteiger partial charge on any atom is 0.202 e. The molecule has 0 amide bonds. The molecule has 0 unspecified atom stereocenters. The van der Waals surface area contributed by atoms with Crippen LogP contribution in [0, 0.1) is 0 Å². The van der Waals surface area contributed by atoms with Crippen LogP contribution in [0.4, 0.5) is 5.82 Å². The van der Waals surface area contributed by atoms with Crippen molar-refractivity contribution >= 4 is 29.3 Å². The van der Waals surface area contributed by atoms with Crippen molar-refractivity contribution in [2.24, 2.45) is 4.99 Å². The van der Waals surface area contributed by atoms with E-state index >= 15 is 0 Å². The second-order valence-electron chi connectivity index (χ2n) is 6.32. The standard InChI is InChI=1S/C21H34ClN5/c1-6-10-11-14-27(15-12-13-17(7-2)16-23-5)18(8-3)19-20(24-9-4)26-21(22)25-19/h7-9,16,24H,4,6,10-15H2,1-3,5H3,(H,25,26)/b17-7-,18-8-,23-16?. The lowest BCUT2D eigenvalue weighted by Gasteiger charge is -2.27. The molecule has 1 aromatic rings. The van der Waals surface area contributed by atoms with E-state index in [1.807, 2.05) is 13.3 Å². The SMILES string of the molecule is C=CNc1nc(Cl)[nH]c1/C(=C/C)N(CCCCC)CCC/C(C=NC)=C/C. The number of aromatic nitrogens is 2. The van der Waals surface area contributed by atoms with Crippen LogP contribution in [0.15, 0.2) is 35.5 Å². The average Bonchev–Trinajstić information content (AvgIpc) is 3.01. The molecule has 0 radical (unpaired) electrons. The first-order valence-electron chi connectivity index (χ1n) is 9.73. The van der Waals surface area contributed by atoms with Gasteiger partial charge in [-0.15, -0.1) is 0 Å². The number of unbranched alkanes of at least 4 members (excludes halogenated alkanes) is 2. The van der Waals surface area contributed by atoms with E-state index < -0.39 is 0 Å². The van der Waals surface area contributed by atoms with Gasteiger partial charge in [-0.25, -0.2) is 0 Å². The van der Waals surface area contributed by atoms with Crippen LogP contribution >= 0.6 is 11.6 Å². The number of aromatic amines is 1. The van der Waals surface area contributed by atoms with E-state index in [4.69, 9.17) is 11.6 Å². The van der Waals surface area contributed by atoms with E-state index in [1.54, 1.807) is 6.20 Å². The van der Waals surface area contributed by atoms with Gasteiger partial charge in [-0.05, 0) is 56.5 Å². The monoisotopic (exact) mass is 391 g/mol. The topological polar surface area (TPSA) is 56.3 Å². The van der Waals surface area contributed by atoms with Gasteiger partial charge in [0, 0.05) is 26.4 Å². The summed E-state index contributed by atoms with van der Waals surface area (Å²) in [7, 11) is 1.81. The van der Waals surface area contributed by atoms with Crippen LogP contribution in [0.1, 0.15) is 58.6 Å². The molecule has 1 heterocycles. The Balaban J connectivity index is 2.97. The van der Waals surface area contributed by atoms with Gasteiger partial charge in [0.05, 0.1) is 5.70 Å². The molecule has 0 saturated carbocycles. The molecule has 150 valence electrons. The lowest BCUT2D eigenvalue weighted by atomic mass is 10.1. The van der Waals surface area contributed by atoms with Crippen molar-refractivity contribution in [2.75, 3.05) is 25.5 Å². The van der Waals surface area contributed by atoms with Gasteiger partial charge in [-0.3, -0.25) is 4.99 Å². The van der Waals surface area contributed by atoms with E-state index in [2.05, 4.69) is 64.7 Å². The summed E-state index contributed by atoms with van der Waals surface area (Å²) in [5, 5.41) is 3.45. The van der Waals surface area contributed by atoms with Crippen LogP contribution in [0.5, 0.6) is 0 Å². The van der Waals surface area contributed by atoms with Gasteiger partial charge in [0.15, 0.2) is 5.82 Å². The molecule has 0 saturated heterocycles. The number of aliphatic imine (C=N–C) groups is 1. The molecule has 0 bridgehead atoms. The predicted octanol–water partition coefficient (Wildman–Crippen LogP) is 5.90. The molecular weight excluding hydrogens is 358 g/mol. The molecule has 1 rings (SSSR count). The maximum atomic E-state index is 6.12. The van der Waals surface area contributed by atoms with Crippen LogP contribution in [0.2, 0.25) is 5.28 Å². The van der Waals surface area contributed by atoms with Gasteiger partial charge in [-0.2, -0.15) is 4.98 Å². The Bertz CT molecular complexity index is 658. The molecule has 6 heteroatoms. The minimum atomic E-state index is 0.373. The third-order valence-corrected chi connectivity index (χ3v) is 4.55. The van der Waals surface area contributed by atoms with Crippen molar-refractivity contribution in [1.29, 1.82) is 0 Å². The zero-order valence-corrected chi connectivity index (χ0v) is 17.9. The number of anilines is 1. The number of nitrogens with one attached hydrogen (secondary N) is 2. The number of nitrogens with zero attached hydrogens (tertiary/aromatic N) is 3. The van der Waals surface area contributed by atoms with Crippen LogP contribution in [-0.2, 0) is 0 Å². The van der Waals surface area contributed by atoms with Crippen molar-refractivity contribution in [2.45, 2.75) is 52.9 Å². The van der Waals surface area contributed by atoms with Gasteiger partial charge in [0.25, 0.3) is 0 Å². The Kier molecular flexibility index (Phi) is 11.3.